The largest absolute Gasteiger partial charge is 0.466 e. The third-order valence-corrected chi connectivity index (χ3v) is 4.99. The molecule has 0 bridgehead atoms. The Balaban J connectivity index is 2.36. The maximum Gasteiger partial charge on any atom is 0.333 e. The Morgan fingerprint density at radius 3 is 2.22 bits per heavy atom. The molecule has 0 spiro atoms. The van der Waals surface area contributed by atoms with E-state index < -0.39 is 0 Å². The lowest BCUT2D eigenvalue weighted by molar-refractivity contribution is -0.136. The molecule has 1 aliphatic rings. The zero-order valence-corrected chi connectivity index (χ0v) is 12.6. The number of nitrogens with one attached hydrogen (secondary N) is 1. The van der Waals surface area contributed by atoms with E-state index in [9.17, 15) is 4.79 Å². The van der Waals surface area contributed by atoms with Gasteiger partial charge in [0.2, 0.25) is 0 Å². The lowest BCUT2D eigenvalue weighted by Crippen LogP contribution is -2.20. The van der Waals surface area contributed by atoms with Crippen molar-refractivity contribution >= 4 is 5.97 Å². The van der Waals surface area contributed by atoms with Crippen LogP contribution >= 0.6 is 0 Å². The maximum absolute atomic E-state index is 11.4. The molecule has 1 rings (SSSR count). The first-order chi connectivity index (χ1) is 8.29. The SMILES string of the molecule is CCC(=CCNCC1C(C)(C)C1(C)C)C(=O)OC. The molecule has 18 heavy (non-hydrogen) atoms. The molecule has 1 saturated carbocycles. The summed E-state index contributed by atoms with van der Waals surface area (Å²) in [5.41, 5.74) is 1.58. The molecule has 0 aliphatic heterocycles. The third-order valence-electron chi connectivity index (χ3n) is 4.99. The molecule has 0 aromatic rings. The van der Waals surface area contributed by atoms with Crippen LogP contribution in [0.2, 0.25) is 0 Å². The fraction of sp³-hybridized carbons (Fsp3) is 0.800. The number of carbonyl (C=O) groups excluding carboxylic acids is 1. The molecule has 1 N–H and O–H groups in total. The molecule has 104 valence electrons. The van der Waals surface area contributed by atoms with E-state index in [1.165, 1.54) is 7.11 Å². The van der Waals surface area contributed by atoms with Crippen molar-refractivity contribution in [1.82, 2.24) is 5.32 Å². The van der Waals surface area contributed by atoms with E-state index in [1.54, 1.807) is 0 Å². The molecule has 0 amide bonds. The van der Waals surface area contributed by atoms with Gasteiger partial charge in [0.15, 0.2) is 0 Å². The predicted molar refractivity (Wildman–Crippen MR) is 74.3 cm³/mol. The van der Waals surface area contributed by atoms with Crippen LogP contribution in [0.25, 0.3) is 0 Å². The second-order valence-corrected chi connectivity index (χ2v) is 6.23. The van der Waals surface area contributed by atoms with Crippen molar-refractivity contribution in [2.75, 3.05) is 20.2 Å². The second kappa shape index (κ2) is 5.43. The zero-order valence-electron chi connectivity index (χ0n) is 12.6. The Labute approximate surface area is 111 Å². The third kappa shape index (κ3) is 2.77. The molecule has 3 heteroatoms. The number of hydrogen-bond acceptors (Lipinski definition) is 3. The van der Waals surface area contributed by atoms with Crippen molar-refractivity contribution in [2.24, 2.45) is 16.7 Å². The highest BCUT2D eigenvalue weighted by molar-refractivity contribution is 5.88. The van der Waals surface area contributed by atoms with Gasteiger partial charge in [-0.3, -0.25) is 0 Å². The van der Waals surface area contributed by atoms with Crippen molar-refractivity contribution in [3.05, 3.63) is 11.6 Å². The van der Waals surface area contributed by atoms with E-state index in [1.807, 2.05) is 13.0 Å². The van der Waals surface area contributed by atoms with Gasteiger partial charge in [-0.05, 0) is 29.7 Å². The Hall–Kier alpha value is -0.830. The van der Waals surface area contributed by atoms with Crippen LogP contribution in [-0.4, -0.2) is 26.2 Å². The lowest BCUT2D eigenvalue weighted by atomic mass is 10.0. The van der Waals surface area contributed by atoms with Gasteiger partial charge in [0.25, 0.3) is 0 Å². The summed E-state index contributed by atoms with van der Waals surface area (Å²) in [6.45, 7) is 13.0. The first-order valence-corrected chi connectivity index (χ1v) is 6.77. The van der Waals surface area contributed by atoms with E-state index in [2.05, 4.69) is 33.0 Å². The molecule has 0 unspecified atom stereocenters. The first kappa shape index (κ1) is 15.2. The minimum absolute atomic E-state index is 0.216. The Morgan fingerprint density at radius 2 is 1.83 bits per heavy atom. The zero-order chi connectivity index (χ0) is 14.0. The fourth-order valence-electron chi connectivity index (χ4n) is 2.77. The monoisotopic (exact) mass is 253 g/mol. The van der Waals surface area contributed by atoms with E-state index >= 15 is 0 Å². The van der Waals surface area contributed by atoms with Gasteiger partial charge in [0.1, 0.15) is 0 Å². The van der Waals surface area contributed by atoms with E-state index in [4.69, 9.17) is 4.74 Å². The molecular weight excluding hydrogens is 226 g/mol. The van der Waals surface area contributed by atoms with Crippen molar-refractivity contribution < 1.29 is 9.53 Å². The van der Waals surface area contributed by atoms with Crippen LogP contribution in [0.4, 0.5) is 0 Å². The fourth-order valence-corrected chi connectivity index (χ4v) is 2.77. The van der Waals surface area contributed by atoms with Crippen LogP contribution < -0.4 is 5.32 Å². The normalized spacial score (nSPS) is 21.8. The van der Waals surface area contributed by atoms with Gasteiger partial charge in [-0.2, -0.15) is 0 Å². The van der Waals surface area contributed by atoms with Gasteiger partial charge in [-0.1, -0.05) is 40.7 Å². The Bertz CT molecular complexity index is 328. The van der Waals surface area contributed by atoms with Gasteiger partial charge in [-0.15, -0.1) is 0 Å². The summed E-state index contributed by atoms with van der Waals surface area (Å²) < 4.78 is 4.72. The number of ether oxygens (including phenoxy) is 1. The number of rotatable bonds is 6. The van der Waals surface area contributed by atoms with Crippen molar-refractivity contribution in [3.63, 3.8) is 0 Å². The van der Waals surface area contributed by atoms with Crippen molar-refractivity contribution in [3.8, 4) is 0 Å². The highest BCUT2D eigenvalue weighted by Gasteiger charge is 2.63. The van der Waals surface area contributed by atoms with Crippen LogP contribution in [0.15, 0.2) is 11.6 Å². The average Bonchev–Trinajstić information content (AvgIpc) is 2.70. The number of hydrogen-bond donors (Lipinski definition) is 1. The minimum Gasteiger partial charge on any atom is -0.466 e. The molecule has 0 aromatic heterocycles. The van der Waals surface area contributed by atoms with Gasteiger partial charge >= 0.3 is 5.97 Å². The molecular formula is C15H27NO2. The van der Waals surface area contributed by atoms with Gasteiger partial charge < -0.3 is 10.1 Å². The molecule has 0 heterocycles. The van der Waals surface area contributed by atoms with Crippen molar-refractivity contribution in [1.29, 1.82) is 0 Å². The molecule has 0 atom stereocenters. The molecule has 1 aliphatic carbocycles. The minimum atomic E-state index is -0.216. The standard InChI is InChI=1S/C15H27NO2/c1-7-11(13(17)18-6)8-9-16-10-12-14(2,3)15(12,4)5/h8,12,16H,7,9-10H2,1-6H3. The van der Waals surface area contributed by atoms with Crippen LogP contribution in [0, 0.1) is 16.7 Å². The summed E-state index contributed by atoms with van der Waals surface area (Å²) in [6, 6.07) is 0. The smallest absolute Gasteiger partial charge is 0.333 e. The van der Waals surface area contributed by atoms with E-state index in [0.29, 0.717) is 16.7 Å². The number of esters is 1. The van der Waals surface area contributed by atoms with Crippen LogP contribution in [0.3, 0.4) is 0 Å². The summed E-state index contributed by atoms with van der Waals surface area (Å²) in [7, 11) is 1.43. The number of methoxy groups -OCH3 is 1. The second-order valence-electron chi connectivity index (χ2n) is 6.23. The highest BCUT2D eigenvalue weighted by Crippen LogP contribution is 2.67. The summed E-state index contributed by atoms with van der Waals surface area (Å²) in [4.78, 5) is 11.4. The summed E-state index contributed by atoms with van der Waals surface area (Å²) in [5.74, 6) is 0.494. The van der Waals surface area contributed by atoms with Crippen LogP contribution in [0.1, 0.15) is 41.0 Å². The Morgan fingerprint density at radius 1 is 1.28 bits per heavy atom. The topological polar surface area (TPSA) is 38.3 Å². The van der Waals surface area contributed by atoms with E-state index in [-0.39, 0.29) is 5.97 Å². The highest BCUT2D eigenvalue weighted by atomic mass is 16.5. The molecule has 0 aromatic carbocycles. The van der Waals surface area contributed by atoms with Crippen molar-refractivity contribution in [2.45, 2.75) is 41.0 Å². The summed E-state index contributed by atoms with van der Waals surface area (Å²) >= 11 is 0. The summed E-state index contributed by atoms with van der Waals surface area (Å²) in [6.07, 6.45) is 2.66. The first-order valence-electron chi connectivity index (χ1n) is 6.77. The quantitative estimate of drug-likeness (QED) is 0.449. The Kier molecular flexibility index (Phi) is 4.60. The maximum atomic E-state index is 11.4. The van der Waals surface area contributed by atoms with Gasteiger partial charge in [0.05, 0.1) is 7.11 Å². The molecule has 0 saturated heterocycles. The lowest BCUT2D eigenvalue weighted by Gasteiger charge is -2.05. The van der Waals surface area contributed by atoms with Gasteiger partial charge in [-0.25, -0.2) is 4.79 Å². The average molecular weight is 253 g/mol. The molecule has 3 nitrogen and oxygen atoms in total. The predicted octanol–water partition coefficient (Wildman–Crippen LogP) is 2.77. The number of carbonyl (C=O) groups is 1. The van der Waals surface area contributed by atoms with E-state index in [0.717, 1.165) is 25.1 Å². The van der Waals surface area contributed by atoms with Crippen LogP contribution in [0.5, 0.6) is 0 Å². The molecule has 0 radical (unpaired) electrons. The van der Waals surface area contributed by atoms with Gasteiger partial charge in [0, 0.05) is 12.1 Å². The summed E-state index contributed by atoms with van der Waals surface area (Å²) in [5, 5.41) is 3.42. The van der Waals surface area contributed by atoms with Crippen LogP contribution in [-0.2, 0) is 9.53 Å². The molecule has 1 fully saturated rings.